The first kappa shape index (κ1) is 21.7. The highest BCUT2D eigenvalue weighted by Crippen LogP contribution is 2.34. The molecule has 1 aromatic heterocycles. The number of halogens is 1. The zero-order valence-corrected chi connectivity index (χ0v) is 18.5. The van der Waals surface area contributed by atoms with E-state index in [2.05, 4.69) is 4.99 Å². The highest BCUT2D eigenvalue weighted by molar-refractivity contribution is 7.07. The number of rotatable bonds is 4. The van der Waals surface area contributed by atoms with E-state index in [0.717, 1.165) is 11.3 Å². The number of benzene rings is 2. The summed E-state index contributed by atoms with van der Waals surface area (Å²) >= 11 is 7.56. The molecule has 0 N–H and O–H groups in total. The summed E-state index contributed by atoms with van der Waals surface area (Å²) in [4.78, 5) is 41.5. The molecule has 1 aliphatic rings. The van der Waals surface area contributed by atoms with Gasteiger partial charge in [0.05, 0.1) is 27.8 Å². The van der Waals surface area contributed by atoms with Gasteiger partial charge in [-0.2, -0.15) is 0 Å². The zero-order chi connectivity index (χ0) is 23.0. The van der Waals surface area contributed by atoms with Crippen LogP contribution in [0, 0.1) is 10.1 Å². The normalized spacial score (nSPS) is 15.8. The van der Waals surface area contributed by atoms with Crippen molar-refractivity contribution in [3.8, 4) is 0 Å². The lowest BCUT2D eigenvalue weighted by Gasteiger charge is -2.25. The van der Waals surface area contributed by atoms with Gasteiger partial charge in [0.1, 0.15) is 6.04 Å². The Bertz CT molecular complexity index is 1470. The lowest BCUT2D eigenvalue weighted by atomic mass is 9.96. The Kier molecular flexibility index (Phi) is 5.77. The number of nitro groups is 1. The minimum Gasteiger partial charge on any atom is -0.466 e. The molecule has 4 rings (SSSR count). The van der Waals surface area contributed by atoms with Gasteiger partial charge in [0.2, 0.25) is 0 Å². The van der Waals surface area contributed by atoms with Crippen molar-refractivity contribution in [1.82, 2.24) is 4.57 Å². The number of carbonyl (C=O) groups is 1. The predicted molar refractivity (Wildman–Crippen MR) is 120 cm³/mol. The molecule has 2 aromatic carbocycles. The SMILES string of the molecule is COC(=O)C1=C(C)N=c2s/c(=C\c3cccc([N+](=O)[O-])c3)c(=O)n2C1c1ccccc1Cl. The summed E-state index contributed by atoms with van der Waals surface area (Å²) in [5.74, 6) is -0.607. The maximum Gasteiger partial charge on any atom is 0.338 e. The van der Waals surface area contributed by atoms with Crippen LogP contribution >= 0.6 is 22.9 Å². The van der Waals surface area contributed by atoms with Crippen molar-refractivity contribution in [2.75, 3.05) is 7.11 Å². The fourth-order valence-electron chi connectivity index (χ4n) is 3.56. The van der Waals surface area contributed by atoms with Gasteiger partial charge < -0.3 is 4.74 Å². The molecule has 1 aliphatic heterocycles. The van der Waals surface area contributed by atoms with Gasteiger partial charge >= 0.3 is 5.97 Å². The number of nitro benzene ring substituents is 1. The molecule has 162 valence electrons. The van der Waals surface area contributed by atoms with Gasteiger partial charge in [-0.25, -0.2) is 9.79 Å². The van der Waals surface area contributed by atoms with Crippen molar-refractivity contribution in [2.45, 2.75) is 13.0 Å². The molecule has 10 heteroatoms. The van der Waals surface area contributed by atoms with Crippen molar-refractivity contribution in [2.24, 2.45) is 4.99 Å². The first-order valence-electron chi connectivity index (χ1n) is 9.41. The maximum absolute atomic E-state index is 13.4. The van der Waals surface area contributed by atoms with Crippen LogP contribution in [0.4, 0.5) is 5.69 Å². The molecular weight excluding hydrogens is 454 g/mol. The maximum atomic E-state index is 13.4. The second kappa shape index (κ2) is 8.52. The third kappa shape index (κ3) is 3.76. The highest BCUT2D eigenvalue weighted by Gasteiger charge is 2.34. The van der Waals surface area contributed by atoms with Gasteiger partial charge in [-0.05, 0) is 30.2 Å². The smallest absolute Gasteiger partial charge is 0.338 e. The lowest BCUT2D eigenvalue weighted by molar-refractivity contribution is -0.384. The number of allylic oxidation sites excluding steroid dienone is 1. The predicted octanol–water partition coefficient (Wildman–Crippen LogP) is 2.97. The molecule has 0 radical (unpaired) electrons. The standard InChI is InChI=1S/C22H16ClN3O5S/c1-12-18(21(28)31-2)19(15-8-3-4-9-16(15)23)25-20(27)17(32-22(25)24-12)11-13-6-5-7-14(10-13)26(29)30/h3-11,19H,1-2H3/b17-11-. The average molecular weight is 470 g/mol. The monoisotopic (exact) mass is 469 g/mol. The van der Waals surface area contributed by atoms with Crippen LogP contribution in [-0.2, 0) is 9.53 Å². The van der Waals surface area contributed by atoms with Gasteiger partial charge in [-0.15, -0.1) is 0 Å². The van der Waals surface area contributed by atoms with Crippen LogP contribution in [0.2, 0.25) is 5.02 Å². The second-order valence-corrected chi connectivity index (χ2v) is 8.36. The molecule has 0 aliphatic carbocycles. The topological polar surface area (TPSA) is 104 Å². The van der Waals surface area contributed by atoms with Crippen LogP contribution in [0.15, 0.2) is 69.6 Å². The van der Waals surface area contributed by atoms with E-state index in [1.165, 1.54) is 23.8 Å². The Morgan fingerprint density at radius 3 is 2.72 bits per heavy atom. The van der Waals surface area contributed by atoms with Crippen molar-refractivity contribution < 1.29 is 14.5 Å². The molecule has 0 saturated carbocycles. The lowest BCUT2D eigenvalue weighted by Crippen LogP contribution is -2.39. The average Bonchev–Trinajstić information content (AvgIpc) is 3.07. The molecule has 32 heavy (non-hydrogen) atoms. The Labute approximate surface area is 190 Å². The van der Waals surface area contributed by atoms with Gasteiger partial charge in [0, 0.05) is 17.2 Å². The van der Waals surface area contributed by atoms with E-state index < -0.39 is 16.9 Å². The zero-order valence-electron chi connectivity index (χ0n) is 16.9. The fraction of sp³-hybridized carbons (Fsp3) is 0.136. The van der Waals surface area contributed by atoms with Crippen LogP contribution in [0.1, 0.15) is 24.1 Å². The Hall–Kier alpha value is -3.56. The Morgan fingerprint density at radius 1 is 1.28 bits per heavy atom. The highest BCUT2D eigenvalue weighted by atomic mass is 35.5. The molecule has 1 unspecified atom stereocenters. The van der Waals surface area contributed by atoms with E-state index in [0.29, 0.717) is 31.2 Å². The number of fused-ring (bicyclic) bond motifs is 1. The van der Waals surface area contributed by atoms with E-state index >= 15 is 0 Å². The fourth-order valence-corrected chi connectivity index (χ4v) is 4.85. The van der Waals surface area contributed by atoms with Crippen LogP contribution in [0.3, 0.4) is 0 Å². The van der Waals surface area contributed by atoms with Gasteiger partial charge in [0.25, 0.3) is 11.2 Å². The third-order valence-corrected chi connectivity index (χ3v) is 6.33. The molecule has 2 heterocycles. The van der Waals surface area contributed by atoms with Gasteiger partial charge in [0.15, 0.2) is 4.80 Å². The summed E-state index contributed by atoms with van der Waals surface area (Å²) in [5, 5.41) is 11.5. The van der Waals surface area contributed by atoms with Crippen molar-refractivity contribution >= 4 is 40.7 Å². The summed E-state index contributed by atoms with van der Waals surface area (Å²) in [6.45, 7) is 1.67. The first-order chi connectivity index (χ1) is 15.3. The summed E-state index contributed by atoms with van der Waals surface area (Å²) in [6, 6.07) is 12.1. The molecule has 0 amide bonds. The number of hydrogen-bond donors (Lipinski definition) is 0. The number of non-ortho nitro benzene ring substituents is 1. The van der Waals surface area contributed by atoms with E-state index in [1.54, 1.807) is 49.4 Å². The molecule has 0 saturated heterocycles. The number of methoxy groups -OCH3 is 1. The molecular formula is C22H16ClN3O5S. The van der Waals surface area contributed by atoms with Gasteiger partial charge in [-0.1, -0.05) is 53.3 Å². The number of ether oxygens (including phenoxy) is 1. The summed E-state index contributed by atoms with van der Waals surface area (Å²) in [6.07, 6.45) is 1.57. The molecule has 0 bridgehead atoms. The number of nitrogens with zero attached hydrogens (tertiary/aromatic N) is 3. The quantitative estimate of drug-likeness (QED) is 0.332. The van der Waals surface area contributed by atoms with E-state index in [-0.39, 0.29) is 16.8 Å². The summed E-state index contributed by atoms with van der Waals surface area (Å²) < 4.78 is 6.69. The first-order valence-corrected chi connectivity index (χ1v) is 10.6. The van der Waals surface area contributed by atoms with Crippen molar-refractivity contribution in [3.05, 3.63) is 106 Å². The molecule has 0 fully saturated rings. The minimum absolute atomic E-state index is 0.0794. The van der Waals surface area contributed by atoms with Crippen molar-refractivity contribution in [1.29, 1.82) is 0 Å². The molecule has 0 spiro atoms. The summed E-state index contributed by atoms with van der Waals surface area (Å²) in [7, 11) is 1.26. The Morgan fingerprint density at radius 2 is 2.03 bits per heavy atom. The van der Waals surface area contributed by atoms with Crippen LogP contribution in [0.25, 0.3) is 6.08 Å². The summed E-state index contributed by atoms with van der Waals surface area (Å²) in [5.41, 5.74) is 1.23. The van der Waals surface area contributed by atoms with Crippen LogP contribution < -0.4 is 14.9 Å². The molecule has 8 nitrogen and oxygen atoms in total. The number of carbonyl (C=O) groups excluding carboxylic acids is 1. The number of thiazole rings is 1. The van der Waals surface area contributed by atoms with Gasteiger partial charge in [-0.3, -0.25) is 19.5 Å². The van der Waals surface area contributed by atoms with E-state index in [1.807, 2.05) is 0 Å². The number of aromatic nitrogens is 1. The number of esters is 1. The van der Waals surface area contributed by atoms with E-state index in [4.69, 9.17) is 16.3 Å². The molecule has 1 atom stereocenters. The Balaban J connectivity index is 1.98. The van der Waals surface area contributed by atoms with Crippen molar-refractivity contribution in [3.63, 3.8) is 0 Å². The largest absolute Gasteiger partial charge is 0.466 e. The number of hydrogen-bond acceptors (Lipinski definition) is 7. The van der Waals surface area contributed by atoms with E-state index in [9.17, 15) is 19.7 Å². The van der Waals surface area contributed by atoms with Crippen LogP contribution in [0.5, 0.6) is 0 Å². The van der Waals surface area contributed by atoms with Crippen LogP contribution in [-0.4, -0.2) is 22.6 Å². The third-order valence-electron chi connectivity index (χ3n) is 5.01. The molecule has 3 aromatic rings. The minimum atomic E-state index is -0.820. The second-order valence-electron chi connectivity index (χ2n) is 6.95.